The highest BCUT2D eigenvalue weighted by Crippen LogP contribution is 1.93. The lowest BCUT2D eigenvalue weighted by Crippen LogP contribution is -2.27. The highest BCUT2D eigenvalue weighted by Gasteiger charge is 1.94. The maximum atomic E-state index is 5.33. The molecule has 0 saturated carbocycles. The minimum Gasteiger partial charge on any atom is -0.542 e. The van der Waals surface area contributed by atoms with Gasteiger partial charge >= 0.3 is 0 Å². The van der Waals surface area contributed by atoms with E-state index in [0.29, 0.717) is 13.2 Å². The topological polar surface area (TPSA) is 27.7 Å². The van der Waals surface area contributed by atoms with Crippen molar-refractivity contribution in [2.75, 3.05) is 19.8 Å². The van der Waals surface area contributed by atoms with Crippen LogP contribution < -0.4 is 0 Å². The molecule has 0 rings (SSSR count). The molecule has 0 atom stereocenters. The minimum atomic E-state index is -1.41. The van der Waals surface area contributed by atoms with E-state index < -0.39 is 9.53 Å². The first kappa shape index (κ1) is 11.1. The highest BCUT2D eigenvalue weighted by atomic mass is 28.3. The third-order valence-electron chi connectivity index (χ3n) is 0.948. The van der Waals surface area contributed by atoms with Crippen LogP contribution >= 0.6 is 0 Å². The summed E-state index contributed by atoms with van der Waals surface area (Å²) in [5, 5.41) is 0. The Morgan fingerprint density at radius 1 is 0.909 bits per heavy atom. The fourth-order valence-corrected chi connectivity index (χ4v) is 1.64. The molecule has 0 amide bonds. The fraction of sp³-hybridized carbons (Fsp3) is 1.00. The van der Waals surface area contributed by atoms with Crippen LogP contribution in [0.15, 0.2) is 0 Å². The molecule has 0 aromatic heterocycles. The summed E-state index contributed by atoms with van der Waals surface area (Å²) in [7, 11) is -1.41. The molecule has 0 spiro atoms. The Kier molecular flexibility index (Phi) is 8.27. The Hall–Kier alpha value is 0.0969. The average Bonchev–Trinajstić information content (AvgIpc) is 2.01. The summed E-state index contributed by atoms with van der Waals surface area (Å²) in [5.41, 5.74) is 0. The van der Waals surface area contributed by atoms with Crippen LogP contribution in [0.2, 0.25) is 0 Å². The van der Waals surface area contributed by atoms with Crippen molar-refractivity contribution in [3.8, 4) is 0 Å². The van der Waals surface area contributed by atoms with Gasteiger partial charge in [-0.05, 0) is 20.3 Å². The average molecular weight is 177 g/mol. The Bertz CT molecular complexity index is 74.1. The maximum absolute atomic E-state index is 5.33. The Balaban J connectivity index is 3.34. The third kappa shape index (κ3) is 6.49. The highest BCUT2D eigenvalue weighted by molar-refractivity contribution is 6.36. The Morgan fingerprint density at radius 2 is 1.45 bits per heavy atom. The van der Waals surface area contributed by atoms with Crippen molar-refractivity contribution < 1.29 is 13.3 Å². The predicted octanol–water partition coefficient (Wildman–Crippen LogP) is 1.47. The van der Waals surface area contributed by atoms with E-state index in [1.165, 1.54) is 0 Å². The molecule has 0 aliphatic rings. The van der Waals surface area contributed by atoms with Gasteiger partial charge in [-0.3, -0.25) is 0 Å². The van der Waals surface area contributed by atoms with E-state index in [1.54, 1.807) is 0 Å². The summed E-state index contributed by atoms with van der Waals surface area (Å²) in [4.78, 5) is 0. The quantitative estimate of drug-likeness (QED) is 0.551. The monoisotopic (exact) mass is 177 g/mol. The molecule has 3 nitrogen and oxygen atoms in total. The molecule has 0 heterocycles. The molecule has 68 valence electrons. The van der Waals surface area contributed by atoms with Gasteiger partial charge in [-0.25, -0.2) is 0 Å². The Morgan fingerprint density at radius 3 is 1.82 bits per heavy atom. The summed E-state index contributed by atoms with van der Waals surface area (Å²) in [6, 6.07) is 0. The fourth-order valence-electron chi connectivity index (χ4n) is 0.546. The molecular weight excluding hydrogens is 160 g/mol. The molecule has 0 fully saturated rings. The maximum Gasteiger partial charge on any atom is 0.215 e. The van der Waals surface area contributed by atoms with Crippen molar-refractivity contribution in [1.82, 2.24) is 0 Å². The van der Waals surface area contributed by atoms with E-state index >= 15 is 0 Å². The summed E-state index contributed by atoms with van der Waals surface area (Å²) in [6.07, 6.45) is 1.01. The van der Waals surface area contributed by atoms with Crippen LogP contribution in [-0.2, 0) is 13.3 Å². The predicted molar refractivity (Wildman–Crippen MR) is 45.2 cm³/mol. The van der Waals surface area contributed by atoms with E-state index in [4.69, 9.17) is 13.3 Å². The smallest absolute Gasteiger partial charge is 0.215 e. The van der Waals surface area contributed by atoms with E-state index in [1.807, 2.05) is 13.8 Å². The second-order valence-electron chi connectivity index (χ2n) is 1.96. The first-order valence-electron chi connectivity index (χ1n) is 4.10. The number of rotatable bonds is 7. The standard InChI is InChI=1S/C7H17O3Si/c1-4-7-10-11(8-5-2)9-6-3/h4-7H2,1-3H3/q-1. The third-order valence-corrected chi connectivity index (χ3v) is 2.44. The van der Waals surface area contributed by atoms with Gasteiger partial charge in [0.25, 0.3) is 0 Å². The van der Waals surface area contributed by atoms with E-state index in [0.717, 1.165) is 13.0 Å². The molecule has 0 unspecified atom stereocenters. The van der Waals surface area contributed by atoms with Gasteiger partial charge in [0.2, 0.25) is 9.53 Å². The van der Waals surface area contributed by atoms with Gasteiger partial charge in [0.05, 0.1) is 0 Å². The first-order chi connectivity index (χ1) is 5.35. The van der Waals surface area contributed by atoms with Crippen molar-refractivity contribution in [3.63, 3.8) is 0 Å². The van der Waals surface area contributed by atoms with Gasteiger partial charge < -0.3 is 13.3 Å². The van der Waals surface area contributed by atoms with E-state index in [2.05, 4.69) is 6.92 Å². The van der Waals surface area contributed by atoms with Gasteiger partial charge in [0.1, 0.15) is 0 Å². The molecule has 0 aromatic rings. The second kappa shape index (κ2) is 8.20. The molecular formula is C7H17O3Si-. The normalized spacial score (nSPS) is 10.9. The van der Waals surface area contributed by atoms with Gasteiger partial charge in [-0.1, -0.05) is 6.92 Å². The van der Waals surface area contributed by atoms with Crippen LogP contribution in [0.4, 0.5) is 0 Å². The lowest BCUT2D eigenvalue weighted by molar-refractivity contribution is 0.102. The van der Waals surface area contributed by atoms with Crippen LogP contribution in [0.3, 0.4) is 0 Å². The van der Waals surface area contributed by atoms with Crippen LogP contribution in [0.5, 0.6) is 0 Å². The van der Waals surface area contributed by atoms with E-state index in [9.17, 15) is 0 Å². The molecule has 0 aliphatic carbocycles. The van der Waals surface area contributed by atoms with Gasteiger partial charge in [0.15, 0.2) is 0 Å². The zero-order valence-corrected chi connectivity index (χ0v) is 8.55. The van der Waals surface area contributed by atoms with Gasteiger partial charge in [-0.2, -0.15) is 0 Å². The summed E-state index contributed by atoms with van der Waals surface area (Å²) < 4.78 is 15.8. The van der Waals surface area contributed by atoms with Gasteiger partial charge in [-0.15, -0.1) is 0 Å². The van der Waals surface area contributed by atoms with Crippen LogP contribution in [0.1, 0.15) is 27.2 Å². The number of hydrogen-bond acceptors (Lipinski definition) is 3. The van der Waals surface area contributed by atoms with Crippen molar-refractivity contribution in [3.05, 3.63) is 0 Å². The molecule has 11 heavy (non-hydrogen) atoms. The summed E-state index contributed by atoms with van der Waals surface area (Å²) >= 11 is 0. The van der Waals surface area contributed by atoms with Crippen LogP contribution in [-0.4, -0.2) is 29.3 Å². The summed E-state index contributed by atoms with van der Waals surface area (Å²) in [5.74, 6) is 0. The largest absolute Gasteiger partial charge is 0.542 e. The number of hydrogen-bond donors (Lipinski definition) is 0. The lowest BCUT2D eigenvalue weighted by atomic mass is 10.5. The van der Waals surface area contributed by atoms with E-state index in [-0.39, 0.29) is 0 Å². The zero-order valence-electron chi connectivity index (χ0n) is 7.55. The molecule has 0 aliphatic heterocycles. The van der Waals surface area contributed by atoms with Crippen LogP contribution in [0, 0.1) is 0 Å². The molecule has 0 radical (unpaired) electrons. The van der Waals surface area contributed by atoms with Crippen molar-refractivity contribution >= 4 is 9.53 Å². The summed E-state index contributed by atoms with van der Waals surface area (Å²) in [6.45, 7) is 8.01. The lowest BCUT2D eigenvalue weighted by Gasteiger charge is -2.29. The van der Waals surface area contributed by atoms with Crippen molar-refractivity contribution in [1.29, 1.82) is 0 Å². The molecule has 4 heteroatoms. The first-order valence-corrected chi connectivity index (χ1v) is 5.32. The molecule has 0 N–H and O–H groups in total. The second-order valence-corrected chi connectivity index (χ2v) is 3.33. The zero-order chi connectivity index (χ0) is 8.53. The van der Waals surface area contributed by atoms with Gasteiger partial charge in [0, 0.05) is 19.8 Å². The van der Waals surface area contributed by atoms with Crippen LogP contribution in [0.25, 0.3) is 0 Å². The SMILES string of the molecule is CCCO[Si-](OCC)OCC. The molecule has 0 saturated heterocycles. The molecule has 0 aromatic carbocycles. The van der Waals surface area contributed by atoms with Crippen molar-refractivity contribution in [2.24, 2.45) is 0 Å². The van der Waals surface area contributed by atoms with Crippen molar-refractivity contribution in [2.45, 2.75) is 27.2 Å². The Labute approximate surface area is 70.6 Å². The molecule has 0 bridgehead atoms. The minimum absolute atomic E-state index is 0.665.